The summed E-state index contributed by atoms with van der Waals surface area (Å²) in [6.07, 6.45) is -0.818. The molecule has 0 bridgehead atoms. The predicted octanol–water partition coefficient (Wildman–Crippen LogP) is 5.67. The maximum Gasteiger partial charge on any atom is 0.389 e. The van der Waals surface area contributed by atoms with Crippen LogP contribution in [-0.2, 0) is 4.79 Å². The van der Waals surface area contributed by atoms with Gasteiger partial charge in [0.2, 0.25) is 11.8 Å². The summed E-state index contributed by atoms with van der Waals surface area (Å²) >= 11 is 0. The van der Waals surface area contributed by atoms with Crippen LogP contribution in [0.1, 0.15) is 93.1 Å². The van der Waals surface area contributed by atoms with Crippen LogP contribution >= 0.6 is 0 Å². The molecule has 2 aromatic rings. The summed E-state index contributed by atoms with van der Waals surface area (Å²) in [7, 11) is 0. The first-order chi connectivity index (χ1) is 20.3. The average Bonchev–Trinajstić information content (AvgIpc) is 3.54. The van der Waals surface area contributed by atoms with Gasteiger partial charge in [0.1, 0.15) is 11.8 Å². The predicted molar refractivity (Wildman–Crippen MR) is 146 cm³/mol. The number of amides is 2. The Morgan fingerprint density at radius 1 is 1.23 bits per heavy atom. The fourth-order valence-electron chi connectivity index (χ4n) is 5.26. The van der Waals surface area contributed by atoms with Gasteiger partial charge in [-0.25, -0.2) is 18.4 Å². The van der Waals surface area contributed by atoms with E-state index in [0.29, 0.717) is 11.3 Å². The lowest BCUT2D eigenvalue weighted by Crippen LogP contribution is -2.37. The van der Waals surface area contributed by atoms with Crippen LogP contribution in [0, 0.1) is 11.8 Å². The summed E-state index contributed by atoms with van der Waals surface area (Å²) in [6.45, 7) is 7.26. The molecule has 4 rings (SSSR count). The van der Waals surface area contributed by atoms with Crippen molar-refractivity contribution in [3.63, 3.8) is 0 Å². The van der Waals surface area contributed by atoms with Gasteiger partial charge in [-0.15, -0.1) is 0 Å². The van der Waals surface area contributed by atoms with Crippen LogP contribution in [0.2, 0.25) is 0 Å². The number of nitrogens with one attached hydrogen (secondary N) is 2. The minimum Gasteiger partial charge on any atom is -0.475 e. The SMILES string of the molecule is C=Nn1cc([C@@H](NC(=O)c2conc2OCC)C2CCC(F)(F)CC2)nc1/C=C(\C)[C@H](NC(=O)CCC(F)(F)F)C1CC1. The molecule has 0 aliphatic heterocycles. The van der Waals surface area contributed by atoms with E-state index in [2.05, 4.69) is 32.6 Å². The van der Waals surface area contributed by atoms with Gasteiger partial charge in [-0.3, -0.25) is 9.59 Å². The molecule has 236 valence electrons. The number of carbonyl (C=O) groups is 2. The molecule has 2 amide bonds. The first kappa shape index (κ1) is 32.1. The normalized spacial score (nSPS) is 19.0. The molecular weight excluding hydrogens is 579 g/mol. The summed E-state index contributed by atoms with van der Waals surface area (Å²) in [5.74, 6) is -4.10. The molecule has 2 heterocycles. The van der Waals surface area contributed by atoms with E-state index in [0.717, 1.165) is 19.1 Å². The molecule has 0 unspecified atom stereocenters. The van der Waals surface area contributed by atoms with Crippen molar-refractivity contribution >= 4 is 24.6 Å². The van der Waals surface area contributed by atoms with Crippen LogP contribution in [0.25, 0.3) is 6.08 Å². The van der Waals surface area contributed by atoms with E-state index in [-0.39, 0.29) is 61.4 Å². The maximum atomic E-state index is 14.0. The second kappa shape index (κ2) is 13.2. The first-order valence-corrected chi connectivity index (χ1v) is 14.2. The molecular formula is C28H35F5N6O4. The second-order valence-electron chi connectivity index (χ2n) is 11.0. The Bertz CT molecular complexity index is 1320. The molecule has 15 heteroatoms. The van der Waals surface area contributed by atoms with E-state index in [9.17, 15) is 31.5 Å². The van der Waals surface area contributed by atoms with Crippen molar-refractivity contribution in [3.8, 4) is 5.88 Å². The Hall–Kier alpha value is -3.78. The first-order valence-electron chi connectivity index (χ1n) is 14.2. The van der Waals surface area contributed by atoms with E-state index in [1.54, 1.807) is 19.9 Å². The van der Waals surface area contributed by atoms with E-state index >= 15 is 0 Å². The Balaban J connectivity index is 1.60. The summed E-state index contributed by atoms with van der Waals surface area (Å²) in [6, 6.07) is -1.29. The Morgan fingerprint density at radius 2 is 1.93 bits per heavy atom. The van der Waals surface area contributed by atoms with Crippen molar-refractivity contribution in [2.24, 2.45) is 16.9 Å². The van der Waals surface area contributed by atoms with Crippen molar-refractivity contribution in [1.82, 2.24) is 25.5 Å². The zero-order chi connectivity index (χ0) is 31.4. The highest BCUT2D eigenvalue weighted by atomic mass is 19.4. The molecule has 0 saturated heterocycles. The third-order valence-corrected chi connectivity index (χ3v) is 7.68. The van der Waals surface area contributed by atoms with Crippen LogP contribution in [0.5, 0.6) is 5.88 Å². The Kier molecular flexibility index (Phi) is 9.90. The Morgan fingerprint density at radius 3 is 2.53 bits per heavy atom. The van der Waals surface area contributed by atoms with E-state index in [1.165, 1.54) is 10.9 Å². The van der Waals surface area contributed by atoms with Crippen LogP contribution in [0.4, 0.5) is 22.0 Å². The van der Waals surface area contributed by atoms with Gasteiger partial charge < -0.3 is 19.9 Å². The monoisotopic (exact) mass is 614 g/mol. The summed E-state index contributed by atoms with van der Waals surface area (Å²) in [5, 5.41) is 13.2. The van der Waals surface area contributed by atoms with Crippen molar-refractivity contribution in [2.75, 3.05) is 6.61 Å². The number of rotatable bonds is 13. The van der Waals surface area contributed by atoms with Gasteiger partial charge in [0.25, 0.3) is 11.8 Å². The van der Waals surface area contributed by atoms with E-state index < -0.39 is 48.8 Å². The molecule has 0 spiro atoms. The molecule has 2 aliphatic carbocycles. The van der Waals surface area contributed by atoms with Gasteiger partial charge in [0.05, 0.1) is 37.0 Å². The third kappa shape index (κ3) is 8.63. The lowest BCUT2D eigenvalue weighted by Gasteiger charge is -2.33. The van der Waals surface area contributed by atoms with Crippen molar-refractivity contribution in [1.29, 1.82) is 0 Å². The highest BCUT2D eigenvalue weighted by Crippen LogP contribution is 2.42. The molecule has 10 nitrogen and oxygen atoms in total. The van der Waals surface area contributed by atoms with Gasteiger partial charge in [-0.2, -0.15) is 18.3 Å². The standard InChI is InChI=1S/C28H35F5N6O4/c1-4-42-26-19(15-43-38-26)25(41)37-24(18-7-10-27(29,30)11-8-18)20-14-39(34-3)21(35-20)13-16(2)23(17-5-6-17)36-22(40)9-12-28(31,32)33/h13-15,17-18,23-24H,3-12H2,1-2H3,(H,36,40)(H,37,41)/b16-13+/t23-,24-/m0/s1. The number of nitrogens with zero attached hydrogens (tertiary/aromatic N) is 4. The summed E-state index contributed by atoms with van der Waals surface area (Å²) in [4.78, 5) is 30.2. The van der Waals surface area contributed by atoms with Crippen molar-refractivity contribution in [3.05, 3.63) is 35.1 Å². The third-order valence-electron chi connectivity index (χ3n) is 7.68. The Labute approximate surface area is 245 Å². The van der Waals surface area contributed by atoms with E-state index in [4.69, 9.17) is 9.26 Å². The number of hydrogen-bond donors (Lipinski definition) is 2. The van der Waals surface area contributed by atoms with Gasteiger partial charge in [0.15, 0.2) is 5.82 Å². The molecule has 2 atom stereocenters. The number of carbonyl (C=O) groups excluding carboxylic acids is 2. The number of imidazole rings is 1. The second-order valence-corrected chi connectivity index (χ2v) is 11.0. The smallest absolute Gasteiger partial charge is 0.389 e. The number of alkyl halides is 5. The van der Waals surface area contributed by atoms with Crippen LogP contribution in [0.3, 0.4) is 0 Å². The van der Waals surface area contributed by atoms with Crippen LogP contribution in [-0.4, -0.2) is 58.1 Å². The van der Waals surface area contributed by atoms with Crippen LogP contribution < -0.4 is 15.4 Å². The molecule has 2 aromatic heterocycles. The highest BCUT2D eigenvalue weighted by molar-refractivity contribution is 5.96. The summed E-state index contributed by atoms with van der Waals surface area (Å²) < 4.78 is 77.5. The topological polar surface area (TPSA) is 124 Å². The summed E-state index contributed by atoms with van der Waals surface area (Å²) in [5.41, 5.74) is 1.04. The number of ether oxygens (including phenoxy) is 1. The zero-order valence-electron chi connectivity index (χ0n) is 23.9. The quantitative estimate of drug-likeness (QED) is 0.221. The van der Waals surface area contributed by atoms with Gasteiger partial charge >= 0.3 is 6.18 Å². The largest absolute Gasteiger partial charge is 0.475 e. The van der Waals surface area contributed by atoms with E-state index in [1.807, 2.05) is 0 Å². The van der Waals surface area contributed by atoms with Crippen molar-refractivity contribution < 1.29 is 40.8 Å². The molecule has 2 N–H and O–H groups in total. The molecule has 0 radical (unpaired) electrons. The number of hydrogen-bond acceptors (Lipinski definition) is 7. The van der Waals surface area contributed by atoms with Crippen molar-refractivity contribution in [2.45, 2.75) is 89.4 Å². The molecule has 2 saturated carbocycles. The molecule has 43 heavy (non-hydrogen) atoms. The fraction of sp³-hybridized carbons (Fsp3) is 0.607. The number of aromatic nitrogens is 3. The molecule has 0 aromatic carbocycles. The fourth-order valence-corrected chi connectivity index (χ4v) is 5.26. The number of halogens is 5. The van der Waals surface area contributed by atoms with Crippen LogP contribution in [0.15, 0.2) is 27.7 Å². The average molecular weight is 615 g/mol. The minimum absolute atomic E-state index is 0.00476. The molecule has 2 aliphatic rings. The highest BCUT2D eigenvalue weighted by Gasteiger charge is 2.40. The lowest BCUT2D eigenvalue weighted by molar-refractivity contribution is -0.144. The van der Waals surface area contributed by atoms with Gasteiger partial charge in [0, 0.05) is 26.0 Å². The lowest BCUT2D eigenvalue weighted by atomic mass is 9.81. The minimum atomic E-state index is -4.44. The zero-order valence-corrected chi connectivity index (χ0v) is 23.9. The maximum absolute atomic E-state index is 14.0. The van der Waals surface area contributed by atoms with Gasteiger partial charge in [-0.05, 0) is 68.2 Å². The van der Waals surface area contributed by atoms with Gasteiger partial charge in [-0.1, -0.05) is 0 Å². The molecule has 2 fully saturated rings.